The number of carbonyl (C=O) groups is 2. The first-order chi connectivity index (χ1) is 16.0. The number of carbonyl (C=O) groups excluding carboxylic acids is 2. The zero-order valence-corrected chi connectivity index (χ0v) is 21.3. The fraction of sp³-hybridized carbons (Fsp3) is 0.400. The number of ether oxygens (including phenoxy) is 1. The summed E-state index contributed by atoms with van der Waals surface area (Å²) >= 11 is 8.82. The molecule has 0 atom stereocenters. The van der Waals surface area contributed by atoms with Crippen molar-refractivity contribution in [1.29, 1.82) is 0 Å². The third-order valence-corrected chi connectivity index (χ3v) is 6.30. The molecule has 2 N–H and O–H groups in total. The maximum Gasteiger partial charge on any atom is 0.257 e. The van der Waals surface area contributed by atoms with E-state index in [-0.39, 0.29) is 16.9 Å². The molecule has 8 heteroatoms. The van der Waals surface area contributed by atoms with Crippen LogP contribution < -0.4 is 15.4 Å². The van der Waals surface area contributed by atoms with Crippen LogP contribution in [-0.2, 0) is 0 Å². The molecule has 6 nitrogen and oxygen atoms in total. The zero-order chi connectivity index (χ0) is 23.6. The van der Waals surface area contributed by atoms with E-state index in [1.807, 2.05) is 17.0 Å². The Morgan fingerprint density at radius 2 is 1.82 bits per heavy atom. The van der Waals surface area contributed by atoms with Crippen LogP contribution in [-0.4, -0.2) is 41.5 Å². The number of hydrogen-bond acceptors (Lipinski definition) is 4. The van der Waals surface area contributed by atoms with E-state index in [1.165, 1.54) is 0 Å². The highest BCUT2D eigenvalue weighted by molar-refractivity contribution is 9.10. The minimum Gasteiger partial charge on any atom is -0.492 e. The van der Waals surface area contributed by atoms with Crippen molar-refractivity contribution in [2.75, 3.05) is 25.0 Å². The highest BCUT2D eigenvalue weighted by Gasteiger charge is 2.20. The number of nitrogens with one attached hydrogen (secondary N) is 2. The van der Waals surface area contributed by atoms with Crippen molar-refractivity contribution in [3.8, 4) is 5.75 Å². The average Bonchev–Trinajstić information content (AvgIpc) is 3.09. The molecule has 0 saturated carbocycles. The van der Waals surface area contributed by atoms with Gasteiger partial charge in [-0.1, -0.05) is 38.3 Å². The van der Waals surface area contributed by atoms with Gasteiger partial charge in [-0.15, -0.1) is 0 Å². The minimum absolute atomic E-state index is 0.0169. The molecule has 1 heterocycles. The molecule has 0 unspecified atom stereocenters. The van der Waals surface area contributed by atoms with E-state index in [9.17, 15) is 9.59 Å². The summed E-state index contributed by atoms with van der Waals surface area (Å²) in [7, 11) is 0. The van der Waals surface area contributed by atoms with Gasteiger partial charge in [0.05, 0.1) is 22.3 Å². The van der Waals surface area contributed by atoms with Crippen LogP contribution in [0.25, 0.3) is 0 Å². The Labute approximate surface area is 209 Å². The van der Waals surface area contributed by atoms with Crippen LogP contribution in [0.1, 0.15) is 66.2 Å². The van der Waals surface area contributed by atoms with E-state index in [0.717, 1.165) is 51.6 Å². The number of para-hydroxylation sites is 1. The number of likely N-dealkylation sites (tertiary alicyclic amines) is 1. The molecule has 1 saturated heterocycles. The van der Waals surface area contributed by atoms with Crippen molar-refractivity contribution < 1.29 is 14.3 Å². The van der Waals surface area contributed by atoms with Crippen LogP contribution in [0.15, 0.2) is 46.9 Å². The van der Waals surface area contributed by atoms with E-state index in [4.69, 9.17) is 17.0 Å². The van der Waals surface area contributed by atoms with E-state index in [0.29, 0.717) is 33.6 Å². The molecule has 0 aliphatic carbocycles. The molecular formula is C25H30BrN3O3S. The van der Waals surface area contributed by atoms with E-state index in [2.05, 4.69) is 33.5 Å². The van der Waals surface area contributed by atoms with Gasteiger partial charge in [0, 0.05) is 18.7 Å². The lowest BCUT2D eigenvalue weighted by Crippen LogP contribution is -2.36. The van der Waals surface area contributed by atoms with Gasteiger partial charge in [0.15, 0.2) is 5.11 Å². The Morgan fingerprint density at radius 1 is 1.09 bits per heavy atom. The van der Waals surface area contributed by atoms with Crippen molar-refractivity contribution in [1.82, 2.24) is 10.2 Å². The number of hydrogen-bond donors (Lipinski definition) is 2. The van der Waals surface area contributed by atoms with Crippen LogP contribution >= 0.6 is 28.1 Å². The largest absolute Gasteiger partial charge is 0.492 e. The quantitative estimate of drug-likeness (QED) is 0.350. The van der Waals surface area contributed by atoms with Gasteiger partial charge in [-0.2, -0.15) is 0 Å². The van der Waals surface area contributed by atoms with Gasteiger partial charge in [0.2, 0.25) is 0 Å². The second kappa shape index (κ2) is 12.7. The number of nitrogens with zero attached hydrogens (tertiary/aromatic N) is 1. The van der Waals surface area contributed by atoms with Gasteiger partial charge in [0.1, 0.15) is 5.75 Å². The van der Waals surface area contributed by atoms with Crippen molar-refractivity contribution >= 4 is 50.8 Å². The van der Waals surface area contributed by atoms with Gasteiger partial charge >= 0.3 is 0 Å². The number of amides is 2. The van der Waals surface area contributed by atoms with Crippen molar-refractivity contribution in [2.24, 2.45) is 0 Å². The van der Waals surface area contributed by atoms with Crippen molar-refractivity contribution in [2.45, 2.75) is 45.4 Å². The number of halogens is 1. The SMILES string of the molecule is CCCCOc1ccc(C(=O)NC(=S)Nc2ccccc2C(=O)N2CCCCCC2)cc1Br. The first kappa shape index (κ1) is 25.2. The summed E-state index contributed by atoms with van der Waals surface area (Å²) in [5.41, 5.74) is 1.58. The Kier molecular flexibility index (Phi) is 9.69. The first-order valence-electron chi connectivity index (χ1n) is 11.4. The van der Waals surface area contributed by atoms with E-state index < -0.39 is 0 Å². The molecule has 3 rings (SSSR count). The predicted octanol–water partition coefficient (Wildman–Crippen LogP) is 5.77. The molecular weight excluding hydrogens is 502 g/mol. The standard InChI is InChI=1S/C25H30BrN3O3S/c1-2-3-16-32-22-13-12-18(17-20(22)26)23(30)28-25(33)27-21-11-7-6-10-19(21)24(31)29-14-8-4-5-9-15-29/h6-7,10-13,17H,2-5,8-9,14-16H2,1H3,(H2,27,28,30,33). The molecule has 176 valence electrons. The second-order valence-electron chi connectivity index (χ2n) is 8.01. The fourth-order valence-electron chi connectivity index (χ4n) is 3.64. The van der Waals surface area contributed by atoms with Crippen LogP contribution in [0, 0.1) is 0 Å². The van der Waals surface area contributed by atoms with Crippen molar-refractivity contribution in [3.63, 3.8) is 0 Å². The highest BCUT2D eigenvalue weighted by atomic mass is 79.9. The Balaban J connectivity index is 1.63. The minimum atomic E-state index is -0.343. The lowest BCUT2D eigenvalue weighted by Gasteiger charge is -2.22. The van der Waals surface area contributed by atoms with Gasteiger partial charge in [-0.05, 0) is 77.7 Å². The fourth-order valence-corrected chi connectivity index (χ4v) is 4.33. The molecule has 1 aliphatic heterocycles. The second-order valence-corrected chi connectivity index (χ2v) is 9.27. The Morgan fingerprint density at radius 3 is 2.52 bits per heavy atom. The summed E-state index contributed by atoms with van der Waals surface area (Å²) in [6.45, 7) is 4.26. The number of unbranched alkanes of at least 4 members (excludes halogenated alkanes) is 1. The monoisotopic (exact) mass is 531 g/mol. The molecule has 0 aromatic heterocycles. The lowest BCUT2D eigenvalue weighted by atomic mass is 10.1. The van der Waals surface area contributed by atoms with Crippen LogP contribution in [0.4, 0.5) is 5.69 Å². The molecule has 0 spiro atoms. The summed E-state index contributed by atoms with van der Waals surface area (Å²) in [5.74, 6) is 0.336. The van der Waals surface area contributed by atoms with E-state index >= 15 is 0 Å². The average molecular weight is 533 g/mol. The van der Waals surface area contributed by atoms with Gasteiger partial charge in [-0.25, -0.2) is 0 Å². The van der Waals surface area contributed by atoms with Crippen LogP contribution in [0.5, 0.6) is 5.75 Å². The van der Waals surface area contributed by atoms with Crippen LogP contribution in [0.2, 0.25) is 0 Å². The summed E-state index contributed by atoms with van der Waals surface area (Å²) in [5, 5.41) is 5.85. The topological polar surface area (TPSA) is 70.7 Å². The Hall–Kier alpha value is -2.45. The number of benzene rings is 2. The molecule has 33 heavy (non-hydrogen) atoms. The summed E-state index contributed by atoms with van der Waals surface area (Å²) in [6.07, 6.45) is 6.37. The predicted molar refractivity (Wildman–Crippen MR) is 139 cm³/mol. The number of thiocarbonyl (C=S) groups is 1. The summed E-state index contributed by atoms with van der Waals surface area (Å²) in [4.78, 5) is 27.7. The molecule has 2 amide bonds. The third kappa shape index (κ3) is 7.27. The summed E-state index contributed by atoms with van der Waals surface area (Å²) < 4.78 is 6.42. The highest BCUT2D eigenvalue weighted by Crippen LogP contribution is 2.26. The first-order valence-corrected chi connectivity index (χ1v) is 12.6. The van der Waals surface area contributed by atoms with E-state index in [1.54, 1.807) is 30.3 Å². The molecule has 1 fully saturated rings. The molecule has 0 bridgehead atoms. The maximum absolute atomic E-state index is 13.1. The number of anilines is 1. The molecule has 2 aromatic rings. The molecule has 0 radical (unpaired) electrons. The van der Waals surface area contributed by atoms with Gasteiger partial charge < -0.3 is 15.0 Å². The van der Waals surface area contributed by atoms with Gasteiger partial charge in [-0.3, -0.25) is 14.9 Å². The lowest BCUT2D eigenvalue weighted by molar-refractivity contribution is 0.0762. The maximum atomic E-state index is 13.1. The Bertz CT molecular complexity index is 991. The number of rotatable bonds is 7. The molecule has 1 aliphatic rings. The third-order valence-electron chi connectivity index (χ3n) is 5.48. The zero-order valence-electron chi connectivity index (χ0n) is 18.9. The molecule has 2 aromatic carbocycles. The smallest absolute Gasteiger partial charge is 0.257 e. The van der Waals surface area contributed by atoms with Gasteiger partial charge in [0.25, 0.3) is 11.8 Å². The van der Waals surface area contributed by atoms with Crippen LogP contribution in [0.3, 0.4) is 0 Å². The summed E-state index contributed by atoms with van der Waals surface area (Å²) in [6, 6.07) is 12.4. The normalized spacial score (nSPS) is 13.7. The van der Waals surface area contributed by atoms with Crippen molar-refractivity contribution in [3.05, 3.63) is 58.1 Å².